The van der Waals surface area contributed by atoms with Gasteiger partial charge in [-0.25, -0.2) is 0 Å². The number of benzene rings is 1. The highest BCUT2D eigenvalue weighted by atomic mass is 16.6. The van der Waals surface area contributed by atoms with E-state index in [0.29, 0.717) is 13.2 Å². The van der Waals surface area contributed by atoms with Gasteiger partial charge in [-0.3, -0.25) is 10.1 Å². The highest BCUT2D eigenvalue weighted by Gasteiger charge is 2.15. The zero-order valence-electron chi connectivity index (χ0n) is 9.01. The van der Waals surface area contributed by atoms with Crippen LogP contribution in [0, 0.1) is 10.1 Å². The van der Waals surface area contributed by atoms with Crippen molar-refractivity contribution in [3.8, 4) is 5.75 Å². The molecule has 0 unspecified atom stereocenters. The third kappa shape index (κ3) is 3.18. The maximum Gasteiger partial charge on any atom is 0.310 e. The van der Waals surface area contributed by atoms with Crippen LogP contribution < -0.4 is 10.5 Å². The summed E-state index contributed by atoms with van der Waals surface area (Å²) in [4.78, 5) is 10.2. The van der Waals surface area contributed by atoms with Crippen LogP contribution in [-0.4, -0.2) is 25.2 Å². The minimum atomic E-state index is -0.484. The lowest BCUT2D eigenvalue weighted by Gasteiger charge is -2.07. The molecule has 1 aromatic rings. The highest BCUT2D eigenvalue weighted by molar-refractivity contribution is 5.48. The van der Waals surface area contributed by atoms with Crippen LogP contribution in [0.4, 0.5) is 5.69 Å². The molecule has 0 aromatic heterocycles. The molecule has 0 radical (unpaired) electrons. The first-order chi connectivity index (χ1) is 7.69. The van der Waals surface area contributed by atoms with Gasteiger partial charge < -0.3 is 15.2 Å². The number of nitrogens with two attached hydrogens (primary N) is 1. The molecule has 6 nitrogen and oxygen atoms in total. The molecule has 0 aliphatic heterocycles. The molecule has 0 heterocycles. The molecular weight excluding hydrogens is 212 g/mol. The van der Waals surface area contributed by atoms with E-state index in [0.717, 1.165) is 5.56 Å². The van der Waals surface area contributed by atoms with E-state index in [9.17, 15) is 10.1 Å². The molecular formula is C10H14N2O4. The predicted octanol–water partition coefficient (Wildman–Crippen LogP) is 1.08. The monoisotopic (exact) mass is 226 g/mol. The zero-order chi connectivity index (χ0) is 12.0. The molecule has 2 N–H and O–H groups in total. The van der Waals surface area contributed by atoms with Gasteiger partial charge in [0.25, 0.3) is 0 Å². The molecule has 0 aliphatic rings. The molecule has 0 bridgehead atoms. The summed E-state index contributed by atoms with van der Waals surface area (Å²) < 4.78 is 10.1. The Morgan fingerprint density at radius 2 is 2.19 bits per heavy atom. The third-order valence-corrected chi connectivity index (χ3v) is 2.00. The first-order valence-electron chi connectivity index (χ1n) is 4.78. The largest absolute Gasteiger partial charge is 0.484 e. The van der Waals surface area contributed by atoms with Crippen molar-refractivity contribution in [3.05, 3.63) is 33.9 Å². The van der Waals surface area contributed by atoms with Crippen molar-refractivity contribution in [2.24, 2.45) is 5.73 Å². The van der Waals surface area contributed by atoms with Gasteiger partial charge in [0.15, 0.2) is 5.75 Å². The number of ether oxygens (including phenoxy) is 2. The molecule has 1 aromatic carbocycles. The quantitative estimate of drug-likeness (QED) is 0.445. The summed E-state index contributed by atoms with van der Waals surface area (Å²) in [5.41, 5.74) is 6.18. The maximum atomic E-state index is 10.7. The Morgan fingerprint density at radius 1 is 1.44 bits per heavy atom. The lowest BCUT2D eigenvalue weighted by atomic mass is 10.2. The van der Waals surface area contributed by atoms with Gasteiger partial charge in [-0.2, -0.15) is 0 Å². The van der Waals surface area contributed by atoms with E-state index in [1.165, 1.54) is 13.2 Å². The SMILES string of the molecule is COCCOc1cc(CN)ccc1[N+](=O)[O-]. The van der Waals surface area contributed by atoms with Crippen LogP contribution >= 0.6 is 0 Å². The van der Waals surface area contributed by atoms with E-state index in [1.807, 2.05) is 0 Å². The zero-order valence-corrected chi connectivity index (χ0v) is 9.01. The second-order valence-electron chi connectivity index (χ2n) is 3.10. The van der Waals surface area contributed by atoms with Crippen LogP contribution in [0.25, 0.3) is 0 Å². The van der Waals surface area contributed by atoms with Crippen LogP contribution in [-0.2, 0) is 11.3 Å². The average molecular weight is 226 g/mol. The molecule has 0 atom stereocenters. The Balaban J connectivity index is 2.87. The van der Waals surface area contributed by atoms with Crippen molar-refractivity contribution in [2.75, 3.05) is 20.3 Å². The molecule has 0 fully saturated rings. The number of hydrogen-bond acceptors (Lipinski definition) is 5. The summed E-state index contributed by atoms with van der Waals surface area (Å²) in [6.45, 7) is 0.966. The second-order valence-corrected chi connectivity index (χ2v) is 3.10. The Hall–Kier alpha value is -1.66. The van der Waals surface area contributed by atoms with Gasteiger partial charge in [0, 0.05) is 19.7 Å². The average Bonchev–Trinajstić information content (AvgIpc) is 2.29. The highest BCUT2D eigenvalue weighted by Crippen LogP contribution is 2.27. The summed E-state index contributed by atoms with van der Waals surface area (Å²) in [5, 5.41) is 10.7. The predicted molar refractivity (Wildman–Crippen MR) is 58.4 cm³/mol. The van der Waals surface area contributed by atoms with Crippen molar-refractivity contribution < 1.29 is 14.4 Å². The Bertz CT molecular complexity index is 368. The minimum Gasteiger partial charge on any atom is -0.484 e. The first-order valence-corrected chi connectivity index (χ1v) is 4.78. The second kappa shape index (κ2) is 6.04. The number of hydrogen-bond donors (Lipinski definition) is 1. The van der Waals surface area contributed by atoms with E-state index < -0.39 is 4.92 Å². The van der Waals surface area contributed by atoms with E-state index in [-0.39, 0.29) is 18.0 Å². The van der Waals surface area contributed by atoms with E-state index in [1.54, 1.807) is 12.1 Å². The molecule has 16 heavy (non-hydrogen) atoms. The summed E-state index contributed by atoms with van der Waals surface area (Å²) in [7, 11) is 1.54. The summed E-state index contributed by atoms with van der Waals surface area (Å²) in [6, 6.07) is 4.58. The number of methoxy groups -OCH3 is 1. The molecule has 6 heteroatoms. The fourth-order valence-corrected chi connectivity index (χ4v) is 1.19. The maximum absolute atomic E-state index is 10.7. The summed E-state index contributed by atoms with van der Waals surface area (Å²) >= 11 is 0. The van der Waals surface area contributed by atoms with Gasteiger partial charge in [0.1, 0.15) is 6.61 Å². The van der Waals surface area contributed by atoms with Crippen molar-refractivity contribution >= 4 is 5.69 Å². The number of nitro groups is 1. The van der Waals surface area contributed by atoms with Crippen LogP contribution in [0.5, 0.6) is 5.75 Å². The van der Waals surface area contributed by atoms with Gasteiger partial charge in [-0.05, 0) is 11.6 Å². The van der Waals surface area contributed by atoms with Crippen molar-refractivity contribution in [1.29, 1.82) is 0 Å². The van der Waals surface area contributed by atoms with Gasteiger partial charge in [0.05, 0.1) is 11.5 Å². The molecule has 0 saturated carbocycles. The minimum absolute atomic E-state index is 0.0618. The Morgan fingerprint density at radius 3 is 2.75 bits per heavy atom. The van der Waals surface area contributed by atoms with Crippen LogP contribution in [0.3, 0.4) is 0 Å². The topological polar surface area (TPSA) is 87.6 Å². The fourth-order valence-electron chi connectivity index (χ4n) is 1.19. The van der Waals surface area contributed by atoms with Crippen LogP contribution in [0.15, 0.2) is 18.2 Å². The van der Waals surface area contributed by atoms with E-state index in [2.05, 4.69) is 0 Å². The van der Waals surface area contributed by atoms with Crippen LogP contribution in [0.1, 0.15) is 5.56 Å². The lowest BCUT2D eigenvalue weighted by Crippen LogP contribution is -2.07. The fraction of sp³-hybridized carbons (Fsp3) is 0.400. The molecule has 1 rings (SSSR count). The van der Waals surface area contributed by atoms with Crippen molar-refractivity contribution in [1.82, 2.24) is 0 Å². The van der Waals surface area contributed by atoms with E-state index in [4.69, 9.17) is 15.2 Å². The number of nitrogens with zero attached hydrogens (tertiary/aromatic N) is 1. The summed E-state index contributed by atoms with van der Waals surface area (Å²) in [5.74, 6) is 0.227. The molecule has 0 amide bonds. The van der Waals surface area contributed by atoms with Crippen LogP contribution in [0.2, 0.25) is 0 Å². The lowest BCUT2D eigenvalue weighted by molar-refractivity contribution is -0.385. The molecule has 88 valence electrons. The summed E-state index contributed by atoms with van der Waals surface area (Å²) in [6.07, 6.45) is 0. The smallest absolute Gasteiger partial charge is 0.310 e. The van der Waals surface area contributed by atoms with E-state index >= 15 is 0 Å². The van der Waals surface area contributed by atoms with Gasteiger partial charge in [-0.15, -0.1) is 0 Å². The number of nitro benzene ring substituents is 1. The Kier molecular flexibility index (Phi) is 4.68. The van der Waals surface area contributed by atoms with Gasteiger partial charge >= 0.3 is 5.69 Å². The van der Waals surface area contributed by atoms with Gasteiger partial charge in [-0.1, -0.05) is 6.07 Å². The molecule has 0 aliphatic carbocycles. The molecule has 0 spiro atoms. The normalized spacial score (nSPS) is 10.1. The van der Waals surface area contributed by atoms with Crippen molar-refractivity contribution in [3.63, 3.8) is 0 Å². The number of rotatable bonds is 6. The molecule has 0 saturated heterocycles. The first kappa shape index (κ1) is 12.4. The standard InChI is InChI=1S/C10H14N2O4/c1-15-4-5-16-10-6-8(7-11)2-3-9(10)12(13)14/h2-3,6H,4-5,7,11H2,1H3. The van der Waals surface area contributed by atoms with Crippen molar-refractivity contribution in [2.45, 2.75) is 6.54 Å². The Labute approximate surface area is 93.1 Å². The van der Waals surface area contributed by atoms with Gasteiger partial charge in [0.2, 0.25) is 0 Å². The third-order valence-electron chi connectivity index (χ3n) is 2.00.